The molecule has 1 aromatic heterocycles. The number of hydrogen-bond acceptors (Lipinski definition) is 3. The van der Waals surface area contributed by atoms with Crippen molar-refractivity contribution in [1.29, 1.82) is 0 Å². The molecule has 25 heavy (non-hydrogen) atoms. The monoisotopic (exact) mass is 341 g/mol. The van der Waals surface area contributed by atoms with Crippen LogP contribution >= 0.6 is 0 Å². The van der Waals surface area contributed by atoms with E-state index in [-0.39, 0.29) is 18.4 Å². The minimum absolute atomic E-state index is 0.000659. The number of rotatable bonds is 2. The number of morpholine rings is 1. The predicted octanol–water partition coefficient (Wildman–Crippen LogP) is 1.80. The fraction of sp³-hybridized carbons (Fsp3) is 0.474. The van der Waals surface area contributed by atoms with E-state index in [2.05, 4.69) is 18.0 Å². The third-order valence-electron chi connectivity index (χ3n) is 5.44. The molecule has 1 atom stereocenters. The number of carbonyl (C=O) groups is 2. The van der Waals surface area contributed by atoms with E-state index in [9.17, 15) is 9.59 Å². The standard InChI is InChI=1S/C19H23N3O3/c1-3-13-14-6-4-5-7-15(14)20-17(13)18(24)22-9-8-19(12-22)11-21(2)16(23)10-25-19/h4-7,20H,3,8-12H2,1-2H3/t19-/m0/s1. The van der Waals surface area contributed by atoms with Gasteiger partial charge in [0, 0.05) is 24.5 Å². The number of nitrogens with one attached hydrogen (secondary N) is 1. The molecule has 0 aliphatic carbocycles. The first-order valence-corrected chi connectivity index (χ1v) is 8.80. The van der Waals surface area contributed by atoms with Crippen LogP contribution < -0.4 is 0 Å². The molecular weight excluding hydrogens is 318 g/mol. The summed E-state index contributed by atoms with van der Waals surface area (Å²) in [5, 5.41) is 1.11. The van der Waals surface area contributed by atoms with Gasteiger partial charge in [0.25, 0.3) is 5.91 Å². The van der Waals surface area contributed by atoms with Crippen LogP contribution in [-0.2, 0) is 16.0 Å². The topological polar surface area (TPSA) is 65.6 Å². The zero-order chi connectivity index (χ0) is 17.6. The number of fused-ring (bicyclic) bond motifs is 1. The first kappa shape index (κ1) is 16.1. The van der Waals surface area contributed by atoms with Gasteiger partial charge in [0.15, 0.2) is 0 Å². The fourth-order valence-corrected chi connectivity index (χ4v) is 4.06. The van der Waals surface area contributed by atoms with Crippen molar-refractivity contribution in [3.63, 3.8) is 0 Å². The van der Waals surface area contributed by atoms with Crippen LogP contribution in [0.2, 0.25) is 0 Å². The average molecular weight is 341 g/mol. The number of ether oxygens (including phenoxy) is 1. The van der Waals surface area contributed by atoms with E-state index in [4.69, 9.17) is 4.74 Å². The second-order valence-corrected chi connectivity index (χ2v) is 7.08. The Bertz CT molecular complexity index is 844. The number of nitrogens with zero attached hydrogens (tertiary/aromatic N) is 2. The van der Waals surface area contributed by atoms with Crippen molar-refractivity contribution in [2.24, 2.45) is 0 Å². The van der Waals surface area contributed by atoms with Gasteiger partial charge >= 0.3 is 0 Å². The van der Waals surface area contributed by atoms with E-state index < -0.39 is 5.60 Å². The summed E-state index contributed by atoms with van der Waals surface area (Å²) in [6.45, 7) is 3.90. The van der Waals surface area contributed by atoms with Crippen molar-refractivity contribution >= 4 is 22.7 Å². The number of likely N-dealkylation sites (N-methyl/N-ethyl adjacent to an activating group) is 1. The number of carbonyl (C=O) groups excluding carboxylic acids is 2. The number of benzene rings is 1. The summed E-state index contributed by atoms with van der Waals surface area (Å²) in [6, 6.07) is 8.02. The summed E-state index contributed by atoms with van der Waals surface area (Å²) in [6.07, 6.45) is 1.57. The Labute approximate surface area is 146 Å². The lowest BCUT2D eigenvalue weighted by Crippen LogP contribution is -2.54. The van der Waals surface area contributed by atoms with E-state index in [1.54, 1.807) is 11.9 Å². The van der Waals surface area contributed by atoms with Crippen LogP contribution in [0.5, 0.6) is 0 Å². The lowest BCUT2D eigenvalue weighted by atomic mass is 10.0. The van der Waals surface area contributed by atoms with Crippen molar-refractivity contribution in [3.8, 4) is 0 Å². The highest BCUT2D eigenvalue weighted by Crippen LogP contribution is 2.31. The molecule has 2 amide bonds. The number of H-pyrrole nitrogens is 1. The van der Waals surface area contributed by atoms with Gasteiger partial charge in [0.2, 0.25) is 5.91 Å². The van der Waals surface area contributed by atoms with E-state index in [1.165, 1.54) is 0 Å². The number of aromatic amines is 1. The molecule has 132 valence electrons. The summed E-state index contributed by atoms with van der Waals surface area (Å²) < 4.78 is 5.85. The molecule has 1 aromatic carbocycles. The van der Waals surface area contributed by atoms with Gasteiger partial charge in [-0.25, -0.2) is 0 Å². The molecule has 2 aromatic rings. The van der Waals surface area contributed by atoms with Crippen LogP contribution in [-0.4, -0.2) is 65.5 Å². The van der Waals surface area contributed by atoms with Crippen LogP contribution in [0, 0.1) is 0 Å². The second-order valence-electron chi connectivity index (χ2n) is 7.08. The number of hydrogen-bond donors (Lipinski definition) is 1. The Kier molecular flexibility index (Phi) is 3.80. The summed E-state index contributed by atoms with van der Waals surface area (Å²) in [4.78, 5) is 31.7. The van der Waals surface area contributed by atoms with Crippen molar-refractivity contribution in [2.45, 2.75) is 25.4 Å². The molecule has 0 unspecified atom stereocenters. The van der Waals surface area contributed by atoms with E-state index in [0.29, 0.717) is 25.3 Å². The molecule has 4 rings (SSSR count). The first-order chi connectivity index (χ1) is 12.0. The molecule has 6 nitrogen and oxygen atoms in total. The Morgan fingerprint density at radius 1 is 1.32 bits per heavy atom. The molecule has 0 bridgehead atoms. The number of para-hydroxylation sites is 1. The van der Waals surface area contributed by atoms with Crippen LogP contribution in [0.15, 0.2) is 24.3 Å². The van der Waals surface area contributed by atoms with E-state index >= 15 is 0 Å². The molecule has 2 aliphatic heterocycles. The molecule has 1 spiro atoms. The van der Waals surface area contributed by atoms with Gasteiger partial charge in [-0.3, -0.25) is 9.59 Å². The second kappa shape index (κ2) is 5.88. The van der Waals surface area contributed by atoms with Gasteiger partial charge in [-0.1, -0.05) is 25.1 Å². The van der Waals surface area contributed by atoms with Gasteiger partial charge in [-0.2, -0.15) is 0 Å². The van der Waals surface area contributed by atoms with Crippen LogP contribution in [0.4, 0.5) is 0 Å². The van der Waals surface area contributed by atoms with Crippen molar-refractivity contribution in [3.05, 3.63) is 35.5 Å². The van der Waals surface area contributed by atoms with Crippen molar-refractivity contribution in [2.75, 3.05) is 33.3 Å². The maximum absolute atomic E-state index is 13.1. The SMILES string of the molecule is CCc1c(C(=O)N2CC[C@]3(CN(C)C(=O)CO3)C2)[nH]c2ccccc12. The summed E-state index contributed by atoms with van der Waals surface area (Å²) in [5.74, 6) is 0.0207. The number of likely N-dealkylation sites (tertiary alicyclic amines) is 1. The van der Waals surface area contributed by atoms with Gasteiger partial charge in [0.05, 0.1) is 13.1 Å². The fourth-order valence-electron chi connectivity index (χ4n) is 4.06. The van der Waals surface area contributed by atoms with Crippen molar-refractivity contribution in [1.82, 2.24) is 14.8 Å². The molecule has 6 heteroatoms. The average Bonchev–Trinajstić information content (AvgIpc) is 3.19. The Morgan fingerprint density at radius 3 is 2.88 bits per heavy atom. The highest BCUT2D eigenvalue weighted by molar-refractivity contribution is 6.01. The number of aromatic nitrogens is 1. The third kappa shape index (κ3) is 2.61. The molecule has 2 aliphatic rings. The van der Waals surface area contributed by atoms with Gasteiger partial charge in [0.1, 0.15) is 17.9 Å². The smallest absolute Gasteiger partial charge is 0.270 e. The number of amides is 2. The quantitative estimate of drug-likeness (QED) is 0.906. The summed E-state index contributed by atoms with van der Waals surface area (Å²) >= 11 is 0. The molecule has 2 fully saturated rings. The van der Waals surface area contributed by atoms with Crippen LogP contribution in [0.3, 0.4) is 0 Å². The highest BCUT2D eigenvalue weighted by Gasteiger charge is 2.45. The zero-order valence-corrected chi connectivity index (χ0v) is 14.7. The molecule has 1 N–H and O–H groups in total. The van der Waals surface area contributed by atoms with Crippen LogP contribution in [0.25, 0.3) is 10.9 Å². The lowest BCUT2D eigenvalue weighted by molar-refractivity contribution is -0.158. The van der Waals surface area contributed by atoms with E-state index in [1.807, 2.05) is 23.1 Å². The summed E-state index contributed by atoms with van der Waals surface area (Å²) in [5.41, 5.74) is 2.33. The third-order valence-corrected chi connectivity index (χ3v) is 5.44. The maximum atomic E-state index is 13.1. The van der Waals surface area contributed by atoms with Gasteiger partial charge in [-0.05, 0) is 24.5 Å². The Hall–Kier alpha value is -2.34. The normalized spacial score (nSPS) is 23.8. The highest BCUT2D eigenvalue weighted by atomic mass is 16.5. The first-order valence-electron chi connectivity index (χ1n) is 8.80. The molecule has 0 radical (unpaired) electrons. The molecular formula is C19H23N3O3. The molecule has 3 heterocycles. The predicted molar refractivity (Wildman–Crippen MR) is 94.5 cm³/mol. The zero-order valence-electron chi connectivity index (χ0n) is 14.7. The minimum Gasteiger partial charge on any atom is -0.361 e. The van der Waals surface area contributed by atoms with Gasteiger partial charge < -0.3 is 19.5 Å². The largest absolute Gasteiger partial charge is 0.361 e. The molecule has 0 saturated carbocycles. The summed E-state index contributed by atoms with van der Waals surface area (Å²) in [7, 11) is 1.80. The lowest BCUT2D eigenvalue weighted by Gasteiger charge is -2.38. The Morgan fingerprint density at radius 2 is 2.12 bits per heavy atom. The molecule has 2 saturated heterocycles. The van der Waals surface area contributed by atoms with Crippen molar-refractivity contribution < 1.29 is 14.3 Å². The minimum atomic E-state index is -0.420. The Balaban J connectivity index is 1.59. The van der Waals surface area contributed by atoms with E-state index in [0.717, 1.165) is 29.3 Å². The maximum Gasteiger partial charge on any atom is 0.270 e. The van der Waals surface area contributed by atoms with Gasteiger partial charge in [-0.15, -0.1) is 0 Å². The number of aryl methyl sites for hydroxylation is 1. The van der Waals surface area contributed by atoms with Crippen LogP contribution in [0.1, 0.15) is 29.4 Å².